The number of alkyl halides is 3. The lowest BCUT2D eigenvalue weighted by molar-refractivity contribution is -0.274. The molecule has 2 heterocycles. The fraction of sp³-hybridized carbons (Fsp3) is 0.289. The zero-order chi connectivity index (χ0) is 33.5. The van der Waals surface area contributed by atoms with Gasteiger partial charge in [0, 0.05) is 37.3 Å². The lowest BCUT2D eigenvalue weighted by Gasteiger charge is -2.25. The van der Waals surface area contributed by atoms with Gasteiger partial charge in [0.2, 0.25) is 6.79 Å². The molecule has 0 atom stereocenters. The van der Waals surface area contributed by atoms with Gasteiger partial charge in [0.1, 0.15) is 17.3 Å². The lowest BCUT2D eigenvalue weighted by Crippen LogP contribution is -2.24. The normalized spacial score (nSPS) is 12.5. The monoisotopic (exact) mass is 657 g/mol. The summed E-state index contributed by atoms with van der Waals surface area (Å²) in [5, 5.41) is 0. The van der Waals surface area contributed by atoms with Gasteiger partial charge in [-0.2, -0.15) is 0 Å². The Morgan fingerprint density at radius 1 is 0.771 bits per heavy atom. The Morgan fingerprint density at radius 3 is 2.25 bits per heavy atom. The van der Waals surface area contributed by atoms with Crippen LogP contribution in [0.5, 0.6) is 23.0 Å². The van der Waals surface area contributed by atoms with Crippen LogP contribution >= 0.6 is 0 Å². The number of unbranched alkanes of at least 4 members (excludes halogenated alkanes) is 1. The Balaban J connectivity index is 1.44. The van der Waals surface area contributed by atoms with Crippen molar-refractivity contribution in [3.63, 3.8) is 0 Å². The van der Waals surface area contributed by atoms with E-state index >= 15 is 0 Å². The number of nitrogens with zero attached hydrogens (tertiary/aromatic N) is 3. The van der Waals surface area contributed by atoms with Crippen molar-refractivity contribution in [2.24, 2.45) is 0 Å². The maximum absolute atomic E-state index is 13.0. The number of hydrogen-bond donors (Lipinski definition) is 0. The van der Waals surface area contributed by atoms with Gasteiger partial charge in [-0.05, 0) is 73.0 Å². The number of ether oxygens (including phenoxy) is 4. The molecule has 7 nitrogen and oxygen atoms in total. The summed E-state index contributed by atoms with van der Waals surface area (Å²) in [4.78, 5) is 7.51. The van der Waals surface area contributed by atoms with E-state index < -0.39 is 6.36 Å². The number of hydrogen-bond acceptors (Lipinski definition) is 6. The van der Waals surface area contributed by atoms with Gasteiger partial charge in [0.25, 0.3) is 0 Å². The number of rotatable bonds is 14. The van der Waals surface area contributed by atoms with E-state index in [0.29, 0.717) is 43.2 Å². The third-order valence-electron chi connectivity index (χ3n) is 8.03. The zero-order valence-corrected chi connectivity index (χ0v) is 27.0. The van der Waals surface area contributed by atoms with Crippen LogP contribution in [0.4, 0.5) is 13.2 Å². The van der Waals surface area contributed by atoms with Crippen LogP contribution < -0.4 is 18.9 Å². The topological polar surface area (TPSA) is 58.0 Å². The average Bonchev–Trinajstić information content (AvgIpc) is 3.68. The number of fused-ring (bicyclic) bond motifs is 1. The summed E-state index contributed by atoms with van der Waals surface area (Å²) in [7, 11) is 0. The van der Waals surface area contributed by atoms with E-state index in [1.807, 2.05) is 67.6 Å². The molecular formula is C38H38F3N3O4. The Hall–Kier alpha value is -4.96. The summed E-state index contributed by atoms with van der Waals surface area (Å²) in [5.74, 6) is 2.78. The van der Waals surface area contributed by atoms with E-state index in [1.54, 1.807) is 12.1 Å². The first kappa shape index (κ1) is 33.0. The average molecular weight is 658 g/mol. The Bertz CT molecular complexity index is 1810. The van der Waals surface area contributed by atoms with E-state index in [2.05, 4.69) is 33.3 Å². The van der Waals surface area contributed by atoms with Gasteiger partial charge in [-0.25, -0.2) is 4.98 Å². The molecule has 1 aromatic heterocycles. The quantitative estimate of drug-likeness (QED) is 0.119. The molecule has 48 heavy (non-hydrogen) atoms. The molecule has 4 aromatic carbocycles. The second-order valence-electron chi connectivity index (χ2n) is 11.6. The summed E-state index contributed by atoms with van der Waals surface area (Å²) in [6, 6.07) is 30.0. The van der Waals surface area contributed by atoms with Crippen molar-refractivity contribution in [3.8, 4) is 45.6 Å². The Kier molecular flexibility index (Phi) is 10.2. The molecule has 0 N–H and O–H groups in total. The summed E-state index contributed by atoms with van der Waals surface area (Å²) < 4.78 is 62.4. The molecule has 0 fully saturated rings. The first-order valence-electron chi connectivity index (χ1n) is 16.1. The number of aromatic nitrogens is 2. The molecule has 6 rings (SSSR count). The standard InChI is InChI=1S/C38H38F3N3O4/c1-3-5-20-44-33(36(42-37(44)30-11-7-6-8-12-30)29-15-17-31(18-16-29)48-38(39,40)41)25-43(23-27-10-9-13-32(21-27)45-4-2)24-28-14-19-34-35(22-28)47-26-46-34/h6-19,21-22H,3-5,20,23-26H2,1-2H3. The van der Waals surface area contributed by atoms with Gasteiger partial charge in [-0.3, -0.25) is 4.90 Å². The molecule has 10 heteroatoms. The van der Waals surface area contributed by atoms with E-state index in [-0.39, 0.29) is 12.5 Å². The maximum Gasteiger partial charge on any atom is 0.573 e. The molecular weight excluding hydrogens is 619 g/mol. The zero-order valence-electron chi connectivity index (χ0n) is 27.0. The molecule has 0 spiro atoms. The van der Waals surface area contributed by atoms with Crippen molar-refractivity contribution in [1.29, 1.82) is 0 Å². The van der Waals surface area contributed by atoms with Crippen molar-refractivity contribution in [2.75, 3.05) is 13.4 Å². The van der Waals surface area contributed by atoms with Gasteiger partial charge >= 0.3 is 6.36 Å². The number of halogens is 3. The van der Waals surface area contributed by atoms with Crippen LogP contribution in [0.2, 0.25) is 0 Å². The van der Waals surface area contributed by atoms with Crippen molar-refractivity contribution in [1.82, 2.24) is 14.5 Å². The summed E-state index contributed by atoms with van der Waals surface area (Å²) in [6.45, 7) is 7.31. The SMILES string of the molecule is CCCCn1c(-c2ccccc2)nc(-c2ccc(OC(F)(F)F)cc2)c1CN(Cc1cccc(OCC)c1)Cc1ccc2c(c1)OCO2. The third-order valence-corrected chi connectivity index (χ3v) is 8.03. The highest BCUT2D eigenvalue weighted by Gasteiger charge is 2.31. The first-order chi connectivity index (χ1) is 23.3. The molecule has 0 saturated carbocycles. The molecule has 0 bridgehead atoms. The van der Waals surface area contributed by atoms with Crippen LogP contribution in [0.15, 0.2) is 97.1 Å². The fourth-order valence-corrected chi connectivity index (χ4v) is 5.89. The minimum absolute atomic E-state index is 0.196. The van der Waals surface area contributed by atoms with Crippen molar-refractivity contribution in [3.05, 3.63) is 114 Å². The van der Waals surface area contributed by atoms with Crippen molar-refractivity contribution < 1.29 is 32.1 Å². The molecule has 1 aliphatic rings. The highest BCUT2D eigenvalue weighted by molar-refractivity contribution is 5.69. The number of imidazole rings is 1. The van der Waals surface area contributed by atoms with Gasteiger partial charge in [0.15, 0.2) is 11.5 Å². The van der Waals surface area contributed by atoms with E-state index in [1.165, 1.54) is 12.1 Å². The van der Waals surface area contributed by atoms with Crippen LogP contribution in [0, 0.1) is 0 Å². The minimum Gasteiger partial charge on any atom is -0.494 e. The molecule has 0 amide bonds. The van der Waals surface area contributed by atoms with Gasteiger partial charge < -0.3 is 23.5 Å². The molecule has 0 aliphatic carbocycles. The highest BCUT2D eigenvalue weighted by atomic mass is 19.4. The van der Waals surface area contributed by atoms with Crippen LogP contribution in [-0.4, -0.2) is 34.2 Å². The molecule has 0 radical (unpaired) electrons. The van der Waals surface area contributed by atoms with Crippen LogP contribution in [-0.2, 0) is 26.2 Å². The maximum atomic E-state index is 13.0. The molecule has 5 aromatic rings. The second-order valence-corrected chi connectivity index (χ2v) is 11.6. The number of benzene rings is 4. The van der Waals surface area contributed by atoms with Crippen LogP contribution in [0.1, 0.15) is 43.5 Å². The van der Waals surface area contributed by atoms with E-state index in [9.17, 15) is 13.2 Å². The van der Waals surface area contributed by atoms with E-state index in [4.69, 9.17) is 19.2 Å². The minimum atomic E-state index is -4.77. The van der Waals surface area contributed by atoms with E-state index in [0.717, 1.165) is 59.1 Å². The summed E-state index contributed by atoms with van der Waals surface area (Å²) in [5.41, 5.74) is 5.48. The van der Waals surface area contributed by atoms with Crippen molar-refractivity contribution >= 4 is 0 Å². The third kappa shape index (κ3) is 8.12. The van der Waals surface area contributed by atoms with Crippen LogP contribution in [0.25, 0.3) is 22.6 Å². The molecule has 250 valence electrons. The highest BCUT2D eigenvalue weighted by Crippen LogP contribution is 2.35. The predicted molar refractivity (Wildman–Crippen MR) is 178 cm³/mol. The van der Waals surface area contributed by atoms with Gasteiger partial charge in [-0.1, -0.05) is 61.9 Å². The Morgan fingerprint density at radius 2 is 1.52 bits per heavy atom. The van der Waals surface area contributed by atoms with Gasteiger partial charge in [0.05, 0.1) is 18.0 Å². The second kappa shape index (κ2) is 14.9. The van der Waals surface area contributed by atoms with Crippen LogP contribution in [0.3, 0.4) is 0 Å². The first-order valence-corrected chi connectivity index (χ1v) is 16.1. The fourth-order valence-electron chi connectivity index (χ4n) is 5.89. The lowest BCUT2D eigenvalue weighted by atomic mass is 10.1. The molecule has 1 aliphatic heterocycles. The van der Waals surface area contributed by atoms with Gasteiger partial charge in [-0.15, -0.1) is 13.2 Å². The largest absolute Gasteiger partial charge is 0.573 e. The summed E-state index contributed by atoms with van der Waals surface area (Å²) >= 11 is 0. The molecule has 0 unspecified atom stereocenters. The summed E-state index contributed by atoms with van der Waals surface area (Å²) in [6.07, 6.45) is -2.86. The van der Waals surface area contributed by atoms with Crippen molar-refractivity contribution in [2.45, 2.75) is 59.2 Å². The smallest absolute Gasteiger partial charge is 0.494 e. The predicted octanol–water partition coefficient (Wildman–Crippen LogP) is 9.25. The Labute approximate surface area is 278 Å². The molecule has 0 saturated heterocycles.